The predicted octanol–water partition coefficient (Wildman–Crippen LogP) is 4.63. The first-order valence-corrected chi connectivity index (χ1v) is 7.03. The molecule has 0 aliphatic heterocycles. The van der Waals surface area contributed by atoms with Crippen LogP contribution >= 0.6 is 34.5 Å². The smallest absolute Gasteiger partial charge is 0.311 e. The van der Waals surface area contributed by atoms with Crippen LogP contribution in [0.1, 0.15) is 10.4 Å². The van der Waals surface area contributed by atoms with Crippen LogP contribution in [0.25, 0.3) is 0 Å². The standard InChI is InChI=1S/C12H9Cl2NO3S/c13-6-8-1-3-11(10(5-8)15(16)17)18-7-9-2-4-12(14)19-9/h1-5H,6-7H2. The zero-order valence-corrected chi connectivity index (χ0v) is 12.0. The third-order valence-electron chi connectivity index (χ3n) is 2.37. The van der Waals surface area contributed by atoms with E-state index in [4.69, 9.17) is 27.9 Å². The van der Waals surface area contributed by atoms with E-state index in [-0.39, 0.29) is 23.9 Å². The molecule has 0 saturated carbocycles. The largest absolute Gasteiger partial charge is 0.481 e. The Hall–Kier alpha value is -1.30. The molecule has 0 N–H and O–H groups in total. The summed E-state index contributed by atoms with van der Waals surface area (Å²) >= 11 is 12.8. The van der Waals surface area contributed by atoms with Crippen molar-refractivity contribution in [3.63, 3.8) is 0 Å². The molecule has 0 spiro atoms. The number of halogens is 2. The molecule has 0 fully saturated rings. The third-order valence-corrected chi connectivity index (χ3v) is 3.89. The normalized spacial score (nSPS) is 10.4. The summed E-state index contributed by atoms with van der Waals surface area (Å²) in [6.45, 7) is 0.248. The van der Waals surface area contributed by atoms with Gasteiger partial charge in [-0.25, -0.2) is 0 Å². The molecular formula is C12H9Cl2NO3S. The van der Waals surface area contributed by atoms with Crippen molar-refractivity contribution in [2.24, 2.45) is 0 Å². The lowest BCUT2D eigenvalue weighted by Crippen LogP contribution is -1.98. The molecule has 1 heterocycles. The molecule has 0 atom stereocenters. The number of hydrogen-bond acceptors (Lipinski definition) is 4. The van der Waals surface area contributed by atoms with Crippen molar-refractivity contribution in [1.29, 1.82) is 0 Å². The van der Waals surface area contributed by atoms with E-state index in [9.17, 15) is 10.1 Å². The molecule has 7 heteroatoms. The second-order valence-electron chi connectivity index (χ2n) is 3.69. The Labute approximate surface area is 123 Å². The summed E-state index contributed by atoms with van der Waals surface area (Å²) in [4.78, 5) is 11.4. The van der Waals surface area contributed by atoms with Gasteiger partial charge in [0.2, 0.25) is 0 Å². The Morgan fingerprint density at radius 2 is 2.11 bits per heavy atom. The van der Waals surface area contributed by atoms with Crippen LogP contribution in [0.3, 0.4) is 0 Å². The number of nitro benzene ring substituents is 1. The number of nitrogens with zero attached hydrogens (tertiary/aromatic N) is 1. The van der Waals surface area contributed by atoms with Crippen molar-refractivity contribution < 1.29 is 9.66 Å². The highest BCUT2D eigenvalue weighted by molar-refractivity contribution is 7.16. The van der Waals surface area contributed by atoms with Gasteiger partial charge in [0.15, 0.2) is 5.75 Å². The highest BCUT2D eigenvalue weighted by Gasteiger charge is 2.16. The van der Waals surface area contributed by atoms with Crippen LogP contribution in [0.15, 0.2) is 30.3 Å². The van der Waals surface area contributed by atoms with E-state index in [1.54, 1.807) is 18.2 Å². The monoisotopic (exact) mass is 317 g/mol. The van der Waals surface area contributed by atoms with E-state index in [2.05, 4.69) is 0 Å². The maximum atomic E-state index is 11.0. The van der Waals surface area contributed by atoms with Crippen molar-refractivity contribution in [2.75, 3.05) is 0 Å². The second-order valence-corrected chi connectivity index (χ2v) is 5.75. The van der Waals surface area contributed by atoms with Crippen molar-refractivity contribution >= 4 is 40.2 Å². The molecular weight excluding hydrogens is 309 g/mol. The number of rotatable bonds is 5. The molecule has 100 valence electrons. The van der Waals surface area contributed by atoms with E-state index in [0.29, 0.717) is 9.90 Å². The molecule has 1 aromatic heterocycles. The summed E-state index contributed by atoms with van der Waals surface area (Å²) in [7, 11) is 0. The van der Waals surface area contributed by atoms with Gasteiger partial charge in [0.05, 0.1) is 9.26 Å². The highest BCUT2D eigenvalue weighted by atomic mass is 35.5. The van der Waals surface area contributed by atoms with Gasteiger partial charge in [0.25, 0.3) is 0 Å². The zero-order valence-electron chi connectivity index (χ0n) is 9.64. The minimum absolute atomic E-state index is 0.0826. The Morgan fingerprint density at radius 3 is 2.68 bits per heavy atom. The fourth-order valence-electron chi connectivity index (χ4n) is 1.49. The van der Waals surface area contributed by atoms with Gasteiger partial charge in [-0.1, -0.05) is 17.7 Å². The zero-order chi connectivity index (χ0) is 13.8. The first-order valence-electron chi connectivity index (χ1n) is 5.30. The van der Waals surface area contributed by atoms with E-state index < -0.39 is 4.92 Å². The first kappa shape index (κ1) is 14.1. The van der Waals surface area contributed by atoms with Gasteiger partial charge >= 0.3 is 5.69 Å². The molecule has 0 bridgehead atoms. The van der Waals surface area contributed by atoms with Crippen molar-refractivity contribution in [2.45, 2.75) is 12.5 Å². The highest BCUT2D eigenvalue weighted by Crippen LogP contribution is 2.30. The number of benzene rings is 1. The van der Waals surface area contributed by atoms with Gasteiger partial charge in [-0.3, -0.25) is 10.1 Å². The number of hydrogen-bond donors (Lipinski definition) is 0. The van der Waals surface area contributed by atoms with Crippen LogP contribution in [0.2, 0.25) is 4.34 Å². The van der Waals surface area contributed by atoms with Crippen LogP contribution in [0.4, 0.5) is 5.69 Å². The maximum Gasteiger partial charge on any atom is 0.311 e. The number of alkyl halides is 1. The quantitative estimate of drug-likeness (QED) is 0.459. The molecule has 1 aromatic carbocycles. The average Bonchev–Trinajstić information content (AvgIpc) is 2.82. The SMILES string of the molecule is O=[N+]([O-])c1cc(CCl)ccc1OCc1ccc(Cl)s1. The summed E-state index contributed by atoms with van der Waals surface area (Å²) in [6, 6.07) is 8.27. The van der Waals surface area contributed by atoms with Gasteiger partial charge in [0, 0.05) is 16.8 Å². The number of thiophene rings is 1. The number of ether oxygens (including phenoxy) is 1. The molecule has 2 rings (SSSR count). The van der Waals surface area contributed by atoms with Crippen LogP contribution < -0.4 is 4.74 Å². The maximum absolute atomic E-state index is 11.0. The van der Waals surface area contributed by atoms with Gasteiger partial charge in [-0.2, -0.15) is 0 Å². The topological polar surface area (TPSA) is 52.4 Å². The van der Waals surface area contributed by atoms with Gasteiger partial charge in [-0.15, -0.1) is 22.9 Å². The second kappa shape index (κ2) is 6.23. The summed E-state index contributed by atoms with van der Waals surface area (Å²) < 4.78 is 6.12. The lowest BCUT2D eigenvalue weighted by Gasteiger charge is -2.06. The van der Waals surface area contributed by atoms with Crippen LogP contribution in [-0.4, -0.2) is 4.92 Å². The summed E-state index contributed by atoms with van der Waals surface area (Å²) in [6.07, 6.45) is 0. The molecule has 4 nitrogen and oxygen atoms in total. The molecule has 0 aliphatic rings. The minimum atomic E-state index is -0.479. The number of nitro groups is 1. The Kier molecular flexibility index (Phi) is 4.63. The van der Waals surface area contributed by atoms with Gasteiger partial charge in [-0.05, 0) is 23.8 Å². The molecule has 0 amide bonds. The van der Waals surface area contributed by atoms with Gasteiger partial charge in [0.1, 0.15) is 6.61 Å². The van der Waals surface area contributed by atoms with Crippen LogP contribution in [-0.2, 0) is 12.5 Å². The molecule has 2 aromatic rings. The van der Waals surface area contributed by atoms with E-state index in [1.165, 1.54) is 17.4 Å². The van der Waals surface area contributed by atoms with Gasteiger partial charge < -0.3 is 4.74 Å². The lowest BCUT2D eigenvalue weighted by atomic mass is 10.2. The first-order chi connectivity index (χ1) is 9.10. The lowest BCUT2D eigenvalue weighted by molar-refractivity contribution is -0.386. The van der Waals surface area contributed by atoms with E-state index in [0.717, 1.165) is 4.88 Å². The minimum Gasteiger partial charge on any atom is -0.481 e. The predicted molar refractivity (Wildman–Crippen MR) is 76.3 cm³/mol. The fraction of sp³-hybridized carbons (Fsp3) is 0.167. The van der Waals surface area contributed by atoms with Crippen molar-refractivity contribution in [3.8, 4) is 5.75 Å². The van der Waals surface area contributed by atoms with Crippen LogP contribution in [0, 0.1) is 10.1 Å². The van der Waals surface area contributed by atoms with Crippen molar-refractivity contribution in [1.82, 2.24) is 0 Å². The molecule has 0 saturated heterocycles. The van der Waals surface area contributed by atoms with Crippen LogP contribution in [0.5, 0.6) is 5.75 Å². The molecule has 0 radical (unpaired) electrons. The molecule has 0 aliphatic carbocycles. The summed E-state index contributed by atoms with van der Waals surface area (Å²) in [5, 5.41) is 11.0. The molecule has 19 heavy (non-hydrogen) atoms. The van der Waals surface area contributed by atoms with Crippen molar-refractivity contribution in [3.05, 3.63) is 55.2 Å². The fourth-order valence-corrected chi connectivity index (χ4v) is 2.66. The average molecular weight is 318 g/mol. The Bertz CT molecular complexity index is 600. The van der Waals surface area contributed by atoms with E-state index in [1.807, 2.05) is 6.07 Å². The summed E-state index contributed by atoms with van der Waals surface area (Å²) in [5.74, 6) is 0.449. The summed E-state index contributed by atoms with van der Waals surface area (Å²) in [5.41, 5.74) is 0.598. The third kappa shape index (κ3) is 3.59. The molecule has 0 unspecified atom stereocenters. The Morgan fingerprint density at radius 1 is 1.32 bits per heavy atom. The van der Waals surface area contributed by atoms with E-state index >= 15 is 0 Å². The Balaban J connectivity index is 2.17.